The van der Waals surface area contributed by atoms with Crippen LogP contribution in [0.15, 0.2) is 82.0 Å². The number of hydrogen-bond acceptors (Lipinski definition) is 6. The van der Waals surface area contributed by atoms with E-state index in [1.54, 1.807) is 19.5 Å². The summed E-state index contributed by atoms with van der Waals surface area (Å²) in [7, 11) is 0. The number of furan rings is 2. The number of rotatable bonds is 8. The largest absolute Gasteiger partial charge is 0.488 e. The van der Waals surface area contributed by atoms with Crippen molar-refractivity contribution in [3.05, 3.63) is 89.9 Å². The van der Waals surface area contributed by atoms with Crippen molar-refractivity contribution in [3.63, 3.8) is 0 Å². The second-order valence-electron chi connectivity index (χ2n) is 8.08. The minimum Gasteiger partial charge on any atom is -0.488 e. The Kier molecular flexibility index (Phi) is 6.06. The molecule has 0 saturated heterocycles. The Hall–Kier alpha value is -4.03. The molecule has 6 heteroatoms. The van der Waals surface area contributed by atoms with Crippen LogP contribution in [0.5, 0.6) is 5.75 Å². The summed E-state index contributed by atoms with van der Waals surface area (Å²) in [5.41, 5.74) is 12.2. The third-order valence-electron chi connectivity index (χ3n) is 5.75. The molecule has 0 saturated carbocycles. The van der Waals surface area contributed by atoms with Gasteiger partial charge in [0.1, 0.15) is 23.5 Å². The molecule has 6 nitrogen and oxygen atoms in total. The Balaban J connectivity index is 1.48. The minimum atomic E-state index is -0.294. The molecule has 0 aliphatic carbocycles. The molecular weight excluding hydrogens is 430 g/mol. The van der Waals surface area contributed by atoms with Crippen LogP contribution in [0.25, 0.3) is 33.1 Å². The van der Waals surface area contributed by atoms with Crippen molar-refractivity contribution >= 4 is 27.9 Å². The maximum Gasteiger partial charge on any atom is 0.310 e. The lowest BCUT2D eigenvalue weighted by molar-refractivity contribution is -0.142. The quantitative estimate of drug-likeness (QED) is 0.289. The molecule has 5 rings (SSSR count). The highest BCUT2D eigenvalue weighted by Gasteiger charge is 2.15. The number of nitrogens with two attached hydrogens (primary N) is 1. The van der Waals surface area contributed by atoms with Gasteiger partial charge < -0.3 is 24.0 Å². The third kappa shape index (κ3) is 4.40. The van der Waals surface area contributed by atoms with Gasteiger partial charge in [-0.2, -0.15) is 0 Å². The molecular formula is C28H25NO5. The molecule has 2 aromatic heterocycles. The van der Waals surface area contributed by atoms with Crippen LogP contribution in [0.1, 0.15) is 23.6 Å². The predicted molar refractivity (Wildman–Crippen MR) is 130 cm³/mol. The van der Waals surface area contributed by atoms with Crippen molar-refractivity contribution in [2.45, 2.75) is 26.5 Å². The number of carbonyl (C=O) groups is 1. The first kappa shape index (κ1) is 21.8. The highest BCUT2D eigenvalue weighted by Crippen LogP contribution is 2.33. The van der Waals surface area contributed by atoms with E-state index in [0.717, 1.165) is 44.2 Å². The number of hydrogen-bond donors (Lipinski definition) is 1. The molecule has 0 aliphatic rings. The summed E-state index contributed by atoms with van der Waals surface area (Å²) in [6.07, 6.45) is 3.44. The molecule has 0 aliphatic heterocycles. The standard InChI is InChI=1S/C28H25NO5/c1-2-31-27(30)14-23-13-21-6-8-32-25(21)15-26(23)34-17-19-11-22-7-9-33-28(22)24(12-19)20-5-3-4-18(10-20)16-29/h3-13,15H,2,14,16-17,29H2,1H3. The second kappa shape index (κ2) is 9.45. The molecule has 0 radical (unpaired) electrons. The molecule has 172 valence electrons. The van der Waals surface area contributed by atoms with Crippen LogP contribution in [-0.4, -0.2) is 12.6 Å². The van der Waals surface area contributed by atoms with Gasteiger partial charge in [0.25, 0.3) is 0 Å². The van der Waals surface area contributed by atoms with Crippen LogP contribution < -0.4 is 10.5 Å². The van der Waals surface area contributed by atoms with Crippen molar-refractivity contribution in [2.24, 2.45) is 5.73 Å². The summed E-state index contributed by atoms with van der Waals surface area (Å²) in [5, 5.41) is 1.90. The number of fused-ring (bicyclic) bond motifs is 2. The van der Waals surface area contributed by atoms with E-state index in [1.165, 1.54) is 0 Å². The van der Waals surface area contributed by atoms with Gasteiger partial charge >= 0.3 is 5.97 Å². The highest BCUT2D eigenvalue weighted by atomic mass is 16.5. The molecule has 0 amide bonds. The minimum absolute atomic E-state index is 0.127. The molecule has 0 spiro atoms. The van der Waals surface area contributed by atoms with Crippen molar-refractivity contribution in [2.75, 3.05) is 6.61 Å². The zero-order chi connectivity index (χ0) is 23.5. The summed E-state index contributed by atoms with van der Waals surface area (Å²) in [6, 6.07) is 19.8. The fourth-order valence-corrected chi connectivity index (χ4v) is 4.15. The van der Waals surface area contributed by atoms with E-state index in [9.17, 15) is 4.79 Å². The Morgan fingerprint density at radius 3 is 2.65 bits per heavy atom. The van der Waals surface area contributed by atoms with Gasteiger partial charge in [0.2, 0.25) is 0 Å². The van der Waals surface area contributed by atoms with Crippen molar-refractivity contribution in [3.8, 4) is 16.9 Å². The van der Waals surface area contributed by atoms with Gasteiger partial charge in [-0.15, -0.1) is 0 Å². The number of benzene rings is 3. The zero-order valence-electron chi connectivity index (χ0n) is 18.9. The Morgan fingerprint density at radius 1 is 0.941 bits per heavy atom. The molecule has 0 unspecified atom stereocenters. The Morgan fingerprint density at radius 2 is 1.79 bits per heavy atom. The summed E-state index contributed by atoms with van der Waals surface area (Å²) in [6.45, 7) is 2.91. The Labute approximate surface area is 196 Å². The maximum absolute atomic E-state index is 12.2. The lowest BCUT2D eigenvalue weighted by Gasteiger charge is -2.13. The monoisotopic (exact) mass is 455 g/mol. The lowest BCUT2D eigenvalue weighted by atomic mass is 9.99. The first-order valence-corrected chi connectivity index (χ1v) is 11.2. The van der Waals surface area contributed by atoms with Crippen LogP contribution in [0.4, 0.5) is 0 Å². The molecule has 5 aromatic rings. The van der Waals surface area contributed by atoms with Crippen LogP contribution in [-0.2, 0) is 29.1 Å². The average molecular weight is 456 g/mol. The maximum atomic E-state index is 12.2. The van der Waals surface area contributed by atoms with Crippen LogP contribution >= 0.6 is 0 Å². The SMILES string of the molecule is CCOC(=O)Cc1cc2ccoc2cc1OCc1cc(-c2cccc(CN)c2)c2occc2c1. The van der Waals surface area contributed by atoms with E-state index in [0.29, 0.717) is 31.1 Å². The van der Waals surface area contributed by atoms with E-state index in [2.05, 4.69) is 12.1 Å². The van der Waals surface area contributed by atoms with Gasteiger partial charge in [-0.05, 0) is 60.0 Å². The fourth-order valence-electron chi connectivity index (χ4n) is 4.15. The smallest absolute Gasteiger partial charge is 0.310 e. The van der Waals surface area contributed by atoms with Gasteiger partial charge in [-0.25, -0.2) is 0 Å². The van der Waals surface area contributed by atoms with E-state index >= 15 is 0 Å². The Bertz CT molecular complexity index is 1460. The second-order valence-corrected chi connectivity index (χ2v) is 8.08. The number of ether oxygens (including phenoxy) is 2. The molecule has 34 heavy (non-hydrogen) atoms. The molecule has 2 heterocycles. The first-order valence-electron chi connectivity index (χ1n) is 11.2. The van der Waals surface area contributed by atoms with Crippen molar-refractivity contribution in [1.29, 1.82) is 0 Å². The lowest BCUT2D eigenvalue weighted by Crippen LogP contribution is -2.09. The van der Waals surface area contributed by atoms with Gasteiger partial charge in [0, 0.05) is 34.5 Å². The summed E-state index contributed by atoms with van der Waals surface area (Å²) < 4.78 is 22.7. The van der Waals surface area contributed by atoms with Gasteiger partial charge in [0.15, 0.2) is 0 Å². The number of carbonyl (C=O) groups excluding carboxylic acids is 1. The van der Waals surface area contributed by atoms with E-state index in [4.69, 9.17) is 24.0 Å². The molecule has 0 fully saturated rings. The van der Waals surface area contributed by atoms with E-state index in [1.807, 2.05) is 48.5 Å². The van der Waals surface area contributed by atoms with Crippen molar-refractivity contribution in [1.82, 2.24) is 0 Å². The fraction of sp³-hybridized carbons (Fsp3) is 0.179. The zero-order valence-corrected chi connectivity index (χ0v) is 18.9. The number of esters is 1. The summed E-state index contributed by atoms with van der Waals surface area (Å²) in [5.74, 6) is 0.298. The van der Waals surface area contributed by atoms with Crippen LogP contribution in [0.3, 0.4) is 0 Å². The molecule has 3 aromatic carbocycles. The van der Waals surface area contributed by atoms with Crippen LogP contribution in [0, 0.1) is 0 Å². The summed E-state index contributed by atoms with van der Waals surface area (Å²) >= 11 is 0. The summed E-state index contributed by atoms with van der Waals surface area (Å²) in [4.78, 5) is 12.2. The normalized spacial score (nSPS) is 11.2. The highest BCUT2D eigenvalue weighted by molar-refractivity contribution is 5.93. The molecule has 0 bridgehead atoms. The van der Waals surface area contributed by atoms with Gasteiger partial charge in [-0.3, -0.25) is 4.79 Å². The van der Waals surface area contributed by atoms with E-state index < -0.39 is 0 Å². The van der Waals surface area contributed by atoms with E-state index in [-0.39, 0.29) is 12.4 Å². The molecule has 2 N–H and O–H groups in total. The van der Waals surface area contributed by atoms with Gasteiger partial charge in [0.05, 0.1) is 25.6 Å². The predicted octanol–water partition coefficient (Wildman–Crippen LogP) is 5.99. The topological polar surface area (TPSA) is 87.8 Å². The van der Waals surface area contributed by atoms with Crippen molar-refractivity contribution < 1.29 is 23.1 Å². The average Bonchev–Trinajstić information content (AvgIpc) is 3.51. The first-order chi connectivity index (χ1) is 16.6. The molecule has 0 atom stereocenters. The van der Waals surface area contributed by atoms with Gasteiger partial charge in [-0.1, -0.05) is 18.2 Å². The van der Waals surface area contributed by atoms with Crippen LogP contribution in [0.2, 0.25) is 0 Å². The third-order valence-corrected chi connectivity index (χ3v) is 5.75.